The van der Waals surface area contributed by atoms with Gasteiger partial charge in [-0.05, 0) is 0 Å². The largest absolute Gasteiger partial charge is 0.469 e. The van der Waals surface area contributed by atoms with E-state index in [4.69, 9.17) is 14.5 Å². The smallest absolute Gasteiger partial charge is 0.387 e. The van der Waals surface area contributed by atoms with Gasteiger partial charge < -0.3 is 34.9 Å². The van der Waals surface area contributed by atoms with Crippen LogP contribution in [0.2, 0.25) is 0 Å². The summed E-state index contributed by atoms with van der Waals surface area (Å²) in [6.45, 7) is 0.337. The Hall–Kier alpha value is -0.390. The van der Waals surface area contributed by atoms with Crippen molar-refractivity contribution >= 4 is 21.3 Å². The lowest BCUT2D eigenvalue weighted by Gasteiger charge is -2.19. The molecular formula is C8H17NO11P2. The minimum absolute atomic E-state index is 0.585. The van der Waals surface area contributed by atoms with Gasteiger partial charge in [0.05, 0.1) is 6.61 Å². The number of carbonyl (C=O) groups excluding carboxylic acids is 1. The van der Waals surface area contributed by atoms with Gasteiger partial charge >= 0.3 is 15.4 Å². The van der Waals surface area contributed by atoms with E-state index < -0.39 is 58.8 Å². The molecule has 0 aromatic heterocycles. The van der Waals surface area contributed by atoms with Crippen molar-refractivity contribution in [1.29, 1.82) is 0 Å². The van der Waals surface area contributed by atoms with Crippen molar-refractivity contribution in [1.82, 2.24) is 5.32 Å². The summed E-state index contributed by atoms with van der Waals surface area (Å²) >= 11 is 0. The highest BCUT2D eigenvalue weighted by Gasteiger charge is 2.46. The predicted molar refractivity (Wildman–Crippen MR) is 68.3 cm³/mol. The maximum atomic E-state index is 11.6. The molecular weight excluding hydrogens is 348 g/mol. The molecule has 5 atom stereocenters. The summed E-state index contributed by atoms with van der Waals surface area (Å²) < 4.78 is 35.8. The van der Waals surface area contributed by atoms with Crippen LogP contribution in [-0.2, 0) is 27.7 Å². The van der Waals surface area contributed by atoms with Crippen LogP contribution >= 0.6 is 15.4 Å². The molecule has 22 heavy (non-hydrogen) atoms. The van der Waals surface area contributed by atoms with Crippen molar-refractivity contribution in [2.24, 2.45) is 0 Å². The molecule has 0 aromatic carbocycles. The zero-order valence-electron chi connectivity index (χ0n) is 11.3. The molecule has 1 rings (SSSR count). The van der Waals surface area contributed by atoms with Crippen molar-refractivity contribution in [3.63, 3.8) is 0 Å². The van der Waals surface area contributed by atoms with Crippen LogP contribution in [0.5, 0.6) is 0 Å². The van der Waals surface area contributed by atoms with Crippen LogP contribution in [-0.4, -0.2) is 68.3 Å². The molecule has 12 nitrogen and oxygen atoms in total. The van der Waals surface area contributed by atoms with E-state index in [1.165, 1.54) is 0 Å². The molecule has 1 amide bonds. The molecule has 0 spiro atoms. The van der Waals surface area contributed by atoms with Gasteiger partial charge in [0, 0.05) is 6.92 Å². The Bertz CT molecular complexity index is 492. The Labute approximate surface area is 124 Å². The van der Waals surface area contributed by atoms with Crippen LogP contribution in [0.15, 0.2) is 0 Å². The zero-order valence-corrected chi connectivity index (χ0v) is 13.1. The number of aliphatic hydroxyl groups excluding tert-OH is 2. The second kappa shape index (κ2) is 7.45. The van der Waals surface area contributed by atoms with Gasteiger partial charge in [0.15, 0.2) is 6.29 Å². The average molecular weight is 365 g/mol. The quantitative estimate of drug-likeness (QED) is 0.269. The number of rotatable bonds is 7. The number of nitrogens with one attached hydrogen (secondary N) is 1. The number of phosphoric ester groups is 1. The Morgan fingerprint density at radius 1 is 1.23 bits per heavy atom. The third kappa shape index (κ3) is 6.39. The first-order valence-corrected chi connectivity index (χ1v) is 9.17. The van der Waals surface area contributed by atoms with E-state index in [-0.39, 0.29) is 0 Å². The molecule has 0 saturated carbocycles. The Morgan fingerprint density at radius 2 is 1.82 bits per heavy atom. The van der Waals surface area contributed by atoms with E-state index in [1.807, 2.05) is 5.32 Å². The maximum absolute atomic E-state index is 11.6. The monoisotopic (exact) mass is 365 g/mol. The van der Waals surface area contributed by atoms with Gasteiger partial charge in [-0.15, -0.1) is 0 Å². The number of phosphoric acid groups is 1. The second-order valence-corrected chi connectivity index (χ2v) is 7.49. The lowest BCUT2D eigenvalue weighted by Crippen LogP contribution is -2.35. The van der Waals surface area contributed by atoms with Crippen LogP contribution < -0.4 is 5.32 Å². The summed E-state index contributed by atoms with van der Waals surface area (Å²) in [7, 11) is -9.17. The van der Waals surface area contributed by atoms with E-state index in [2.05, 4.69) is 9.05 Å². The number of hydrogen-bond donors (Lipinski definition) is 6. The molecule has 1 aliphatic rings. The molecule has 1 fully saturated rings. The van der Waals surface area contributed by atoms with Gasteiger partial charge in [0.25, 0.3) is 0 Å². The number of amides is 1. The summed E-state index contributed by atoms with van der Waals surface area (Å²) in [4.78, 5) is 37.2. The molecule has 0 radical (unpaired) electrons. The van der Waals surface area contributed by atoms with Crippen molar-refractivity contribution in [3.05, 3.63) is 0 Å². The van der Waals surface area contributed by atoms with Crippen molar-refractivity contribution < 1.29 is 52.6 Å². The first-order valence-electron chi connectivity index (χ1n) is 5.87. The number of carbonyl (C=O) groups is 1. The van der Waals surface area contributed by atoms with Crippen molar-refractivity contribution in [3.8, 4) is 0 Å². The molecule has 0 bridgehead atoms. The summed E-state index contributed by atoms with van der Waals surface area (Å²) in [5.41, 5.74) is 0. The molecule has 1 aliphatic heterocycles. The average Bonchev–Trinajstić information content (AvgIpc) is 2.61. The van der Waals surface area contributed by atoms with E-state index in [0.717, 1.165) is 6.92 Å². The number of aliphatic hydroxyl groups is 2. The summed E-state index contributed by atoms with van der Waals surface area (Å²) in [6, 6.07) is 0. The molecule has 1 saturated heterocycles. The molecule has 14 heteroatoms. The highest BCUT2D eigenvalue weighted by atomic mass is 31.2. The molecule has 0 aliphatic carbocycles. The van der Waals surface area contributed by atoms with E-state index in [0.29, 0.717) is 0 Å². The number of hydrogen-bond acceptors (Lipinski definition) is 8. The van der Waals surface area contributed by atoms with Gasteiger partial charge in [0.2, 0.25) is 5.91 Å². The van der Waals surface area contributed by atoms with Gasteiger partial charge in [-0.1, -0.05) is 0 Å². The van der Waals surface area contributed by atoms with Gasteiger partial charge in [-0.2, -0.15) is 0 Å². The standard InChI is InChI=1S/C8H17NO11P2/c1-4(10)9-3-21(13,14)20-8-7(12)6(11)5(19-8)2-18-22(15,16)17/h5-8,11-12H,2-3H2,1H3,(H,9,10)(H,13,14)(H2,15,16,17)/t5-,6-,7-,8-/m1/s1. The Balaban J connectivity index is 2.60. The van der Waals surface area contributed by atoms with E-state index >= 15 is 0 Å². The number of ether oxygens (including phenoxy) is 1. The predicted octanol–water partition coefficient (Wildman–Crippen LogP) is -2.16. The summed E-state index contributed by atoms with van der Waals surface area (Å²) in [5.74, 6) is -0.585. The maximum Gasteiger partial charge on any atom is 0.469 e. The highest BCUT2D eigenvalue weighted by Crippen LogP contribution is 2.45. The minimum Gasteiger partial charge on any atom is -0.387 e. The van der Waals surface area contributed by atoms with E-state index in [9.17, 15) is 29.0 Å². The summed E-state index contributed by atoms with van der Waals surface area (Å²) in [5, 5.41) is 21.3. The molecule has 6 N–H and O–H groups in total. The third-order valence-electron chi connectivity index (χ3n) is 2.52. The van der Waals surface area contributed by atoms with Crippen LogP contribution in [0.3, 0.4) is 0 Å². The fraction of sp³-hybridized carbons (Fsp3) is 0.875. The first-order chi connectivity index (χ1) is 9.91. The molecule has 1 heterocycles. The van der Waals surface area contributed by atoms with Crippen LogP contribution in [0, 0.1) is 0 Å². The first kappa shape index (κ1) is 19.7. The normalized spacial score (nSPS) is 31.7. The lowest BCUT2D eigenvalue weighted by atomic mass is 10.1. The van der Waals surface area contributed by atoms with Gasteiger partial charge in [-0.25, -0.2) is 4.57 Å². The fourth-order valence-electron chi connectivity index (χ4n) is 1.52. The van der Waals surface area contributed by atoms with Crippen molar-refractivity contribution in [2.75, 3.05) is 12.9 Å². The second-order valence-electron chi connectivity index (χ2n) is 4.44. The lowest BCUT2D eigenvalue weighted by molar-refractivity contribution is -0.122. The third-order valence-corrected chi connectivity index (χ3v) is 4.10. The molecule has 130 valence electrons. The molecule has 1 unspecified atom stereocenters. The summed E-state index contributed by atoms with van der Waals surface area (Å²) in [6.07, 6.45) is -7.26. The Kier molecular flexibility index (Phi) is 6.66. The molecule has 0 aromatic rings. The van der Waals surface area contributed by atoms with Gasteiger partial charge in [-0.3, -0.25) is 18.4 Å². The van der Waals surface area contributed by atoms with E-state index in [1.54, 1.807) is 0 Å². The highest BCUT2D eigenvalue weighted by molar-refractivity contribution is 7.52. The minimum atomic E-state index is -4.81. The van der Waals surface area contributed by atoms with Gasteiger partial charge in [0.1, 0.15) is 24.6 Å². The fourth-order valence-corrected chi connectivity index (χ4v) is 2.86. The van der Waals surface area contributed by atoms with Crippen LogP contribution in [0.1, 0.15) is 6.92 Å². The zero-order chi connectivity index (χ0) is 17.1. The topological polar surface area (TPSA) is 192 Å². The van der Waals surface area contributed by atoms with Crippen LogP contribution in [0.25, 0.3) is 0 Å². The SMILES string of the molecule is CC(=O)NCP(=O)(O)O[C@H]1O[C@H](COP(=O)(O)O)[C@@H](O)[C@H]1O. The van der Waals surface area contributed by atoms with Crippen LogP contribution in [0.4, 0.5) is 0 Å². The Morgan fingerprint density at radius 3 is 2.32 bits per heavy atom. The van der Waals surface area contributed by atoms with Crippen molar-refractivity contribution in [2.45, 2.75) is 31.5 Å².